The Hall–Kier alpha value is -0.0800. The van der Waals surface area contributed by atoms with Crippen LogP contribution in [0.25, 0.3) is 0 Å². The maximum absolute atomic E-state index is 10.2. The fourth-order valence-electron chi connectivity index (χ4n) is 4.59. The summed E-state index contributed by atoms with van der Waals surface area (Å²) in [5.41, 5.74) is 0. The largest absolute Gasteiger partial charge is 0.393 e. The van der Waals surface area contributed by atoms with E-state index in [4.69, 9.17) is 0 Å². The third-order valence-electron chi connectivity index (χ3n) is 6.86. The van der Waals surface area contributed by atoms with Crippen LogP contribution < -0.4 is 0 Å². The van der Waals surface area contributed by atoms with Crippen molar-refractivity contribution in [1.82, 2.24) is 0 Å². The summed E-state index contributed by atoms with van der Waals surface area (Å²) in [6, 6.07) is 0. The molecule has 0 rings (SSSR count). The lowest BCUT2D eigenvalue weighted by atomic mass is 10.00. The lowest BCUT2D eigenvalue weighted by molar-refractivity contribution is 0.101. The Morgan fingerprint density at radius 2 is 0.548 bits per heavy atom. The molecule has 0 spiro atoms. The van der Waals surface area contributed by atoms with Gasteiger partial charge in [0.25, 0.3) is 0 Å². The summed E-state index contributed by atoms with van der Waals surface area (Å²) in [4.78, 5) is 0. The van der Waals surface area contributed by atoms with Crippen LogP contribution in [0.3, 0.4) is 0 Å². The smallest absolute Gasteiger partial charge is 0.0541 e. The third kappa shape index (κ3) is 26.1. The standard InChI is InChI=1S/C29H60O2/c1-3-5-7-9-11-12-13-14-15-16-17-19-21-23-25-29(31)27-26-28(30)24-22-20-18-10-8-6-4-2/h28-31H,3-27H2,1-2H3. The predicted molar refractivity (Wildman–Crippen MR) is 139 cm³/mol. The molecule has 0 heterocycles. The van der Waals surface area contributed by atoms with E-state index in [9.17, 15) is 10.2 Å². The highest BCUT2D eigenvalue weighted by molar-refractivity contribution is 4.63. The van der Waals surface area contributed by atoms with E-state index in [2.05, 4.69) is 13.8 Å². The van der Waals surface area contributed by atoms with Gasteiger partial charge >= 0.3 is 0 Å². The van der Waals surface area contributed by atoms with E-state index in [1.165, 1.54) is 122 Å². The van der Waals surface area contributed by atoms with Gasteiger partial charge in [0.1, 0.15) is 0 Å². The van der Waals surface area contributed by atoms with Crippen molar-refractivity contribution in [2.24, 2.45) is 0 Å². The lowest BCUT2D eigenvalue weighted by Gasteiger charge is -2.14. The van der Waals surface area contributed by atoms with Crippen LogP contribution in [0.5, 0.6) is 0 Å². The van der Waals surface area contributed by atoms with Crippen LogP contribution in [-0.2, 0) is 0 Å². The highest BCUT2D eigenvalue weighted by Crippen LogP contribution is 2.16. The van der Waals surface area contributed by atoms with Crippen molar-refractivity contribution in [2.45, 2.75) is 187 Å². The summed E-state index contributed by atoms with van der Waals surface area (Å²) in [5, 5.41) is 20.3. The van der Waals surface area contributed by atoms with Crippen molar-refractivity contribution in [3.8, 4) is 0 Å². The van der Waals surface area contributed by atoms with Crippen LogP contribution in [-0.4, -0.2) is 22.4 Å². The zero-order valence-electron chi connectivity index (χ0n) is 21.7. The Morgan fingerprint density at radius 3 is 0.806 bits per heavy atom. The number of hydrogen-bond donors (Lipinski definition) is 2. The molecule has 0 saturated heterocycles. The van der Waals surface area contributed by atoms with Crippen molar-refractivity contribution in [3.63, 3.8) is 0 Å². The molecule has 0 aliphatic rings. The minimum absolute atomic E-state index is 0.207. The Labute approximate surface area is 197 Å². The quantitative estimate of drug-likeness (QED) is 0.131. The van der Waals surface area contributed by atoms with Crippen molar-refractivity contribution in [1.29, 1.82) is 0 Å². The van der Waals surface area contributed by atoms with Crippen LogP contribution in [0.15, 0.2) is 0 Å². The zero-order chi connectivity index (χ0) is 22.8. The summed E-state index contributed by atoms with van der Waals surface area (Å²) in [6.45, 7) is 4.54. The van der Waals surface area contributed by atoms with Gasteiger partial charge in [-0.15, -0.1) is 0 Å². The molecule has 2 heteroatoms. The topological polar surface area (TPSA) is 40.5 Å². The fraction of sp³-hybridized carbons (Fsp3) is 1.00. The van der Waals surface area contributed by atoms with Gasteiger partial charge in [0.15, 0.2) is 0 Å². The van der Waals surface area contributed by atoms with Crippen molar-refractivity contribution >= 4 is 0 Å². The average molecular weight is 441 g/mol. The zero-order valence-corrected chi connectivity index (χ0v) is 21.7. The van der Waals surface area contributed by atoms with Gasteiger partial charge in [-0.1, -0.05) is 149 Å². The molecule has 0 radical (unpaired) electrons. The van der Waals surface area contributed by atoms with Gasteiger partial charge in [-0.25, -0.2) is 0 Å². The second-order valence-electron chi connectivity index (χ2n) is 10.2. The Kier molecular flexibility index (Phi) is 26.1. The molecule has 0 aromatic carbocycles. The van der Waals surface area contributed by atoms with Gasteiger partial charge in [0.05, 0.1) is 12.2 Å². The first kappa shape index (κ1) is 30.9. The third-order valence-corrected chi connectivity index (χ3v) is 6.86. The SMILES string of the molecule is CCCCCCCCCCCCCCCCC(O)CCC(O)CCCCCCCCC. The van der Waals surface area contributed by atoms with E-state index in [0.29, 0.717) is 0 Å². The Morgan fingerprint density at radius 1 is 0.323 bits per heavy atom. The molecule has 188 valence electrons. The normalized spacial score (nSPS) is 13.5. The van der Waals surface area contributed by atoms with E-state index < -0.39 is 0 Å². The molecule has 0 amide bonds. The summed E-state index contributed by atoms with van der Waals surface area (Å²) in [5.74, 6) is 0. The van der Waals surface area contributed by atoms with Crippen LogP contribution in [0.4, 0.5) is 0 Å². The lowest BCUT2D eigenvalue weighted by Crippen LogP contribution is -2.13. The molecule has 31 heavy (non-hydrogen) atoms. The molecule has 0 aromatic heterocycles. The Bertz CT molecular complexity index is 318. The van der Waals surface area contributed by atoms with Crippen molar-refractivity contribution in [2.75, 3.05) is 0 Å². The molecular weight excluding hydrogens is 380 g/mol. The van der Waals surface area contributed by atoms with Gasteiger partial charge in [-0.2, -0.15) is 0 Å². The molecule has 0 aliphatic heterocycles. The first-order chi connectivity index (χ1) is 15.2. The summed E-state index contributed by atoms with van der Waals surface area (Å²) in [7, 11) is 0. The van der Waals surface area contributed by atoms with Crippen LogP contribution in [0.1, 0.15) is 174 Å². The summed E-state index contributed by atoms with van der Waals surface area (Å²) in [6.07, 6.45) is 31.3. The number of rotatable bonds is 26. The van der Waals surface area contributed by atoms with Gasteiger partial charge in [-0.05, 0) is 25.7 Å². The minimum Gasteiger partial charge on any atom is -0.393 e. The van der Waals surface area contributed by atoms with Crippen LogP contribution >= 0.6 is 0 Å². The van der Waals surface area contributed by atoms with E-state index in [0.717, 1.165) is 38.5 Å². The molecule has 2 atom stereocenters. The maximum atomic E-state index is 10.2. The van der Waals surface area contributed by atoms with Gasteiger partial charge in [0, 0.05) is 0 Å². The van der Waals surface area contributed by atoms with Gasteiger partial charge in [-0.3, -0.25) is 0 Å². The van der Waals surface area contributed by atoms with E-state index >= 15 is 0 Å². The summed E-state index contributed by atoms with van der Waals surface area (Å²) >= 11 is 0. The highest BCUT2D eigenvalue weighted by atomic mass is 16.3. The number of unbranched alkanes of at least 4 members (excludes halogenated alkanes) is 19. The fourth-order valence-corrected chi connectivity index (χ4v) is 4.59. The monoisotopic (exact) mass is 440 g/mol. The highest BCUT2D eigenvalue weighted by Gasteiger charge is 2.09. The molecule has 0 aromatic rings. The van der Waals surface area contributed by atoms with Crippen molar-refractivity contribution in [3.05, 3.63) is 0 Å². The second kappa shape index (κ2) is 26.2. The maximum Gasteiger partial charge on any atom is 0.0541 e. The predicted octanol–water partition coefficient (Wildman–Crippen LogP) is 9.50. The van der Waals surface area contributed by atoms with E-state index in [1.807, 2.05) is 0 Å². The summed E-state index contributed by atoms with van der Waals surface area (Å²) < 4.78 is 0. The van der Waals surface area contributed by atoms with Gasteiger partial charge in [0.2, 0.25) is 0 Å². The second-order valence-corrected chi connectivity index (χ2v) is 10.2. The van der Waals surface area contributed by atoms with E-state index in [-0.39, 0.29) is 12.2 Å². The van der Waals surface area contributed by atoms with E-state index in [1.54, 1.807) is 0 Å². The number of hydrogen-bond acceptors (Lipinski definition) is 2. The van der Waals surface area contributed by atoms with Gasteiger partial charge < -0.3 is 10.2 Å². The minimum atomic E-state index is -0.207. The first-order valence-electron chi connectivity index (χ1n) is 14.6. The molecule has 0 aliphatic carbocycles. The molecule has 0 bridgehead atoms. The van der Waals surface area contributed by atoms with Crippen molar-refractivity contribution < 1.29 is 10.2 Å². The average Bonchev–Trinajstić information content (AvgIpc) is 2.77. The molecular formula is C29H60O2. The van der Waals surface area contributed by atoms with Crippen LogP contribution in [0.2, 0.25) is 0 Å². The number of aliphatic hydroxyl groups is 2. The number of aliphatic hydroxyl groups excluding tert-OH is 2. The molecule has 2 unspecified atom stereocenters. The molecule has 0 fully saturated rings. The first-order valence-corrected chi connectivity index (χ1v) is 14.6. The molecule has 0 saturated carbocycles. The molecule has 2 nitrogen and oxygen atoms in total. The Balaban J connectivity index is 3.26. The molecule has 2 N–H and O–H groups in total. The van der Waals surface area contributed by atoms with Crippen LogP contribution in [0, 0.1) is 0 Å².